The van der Waals surface area contributed by atoms with Crippen LogP contribution < -0.4 is 14.2 Å². The van der Waals surface area contributed by atoms with E-state index in [0.717, 1.165) is 48.5 Å². The molecule has 8 unspecified atom stereocenters. The normalized spacial score (nSPS) is 21.0. The molecule has 384 valence electrons. The van der Waals surface area contributed by atoms with E-state index in [0.29, 0.717) is 25.7 Å². The second-order valence-corrected chi connectivity index (χ2v) is 16.4. The van der Waals surface area contributed by atoms with Crippen molar-refractivity contribution in [2.45, 2.75) is 160 Å². The van der Waals surface area contributed by atoms with Crippen molar-refractivity contribution in [2.24, 2.45) is 0 Å². The molecule has 0 bridgehead atoms. The number of carbonyl (C=O) groups excluding carboxylic acids is 3. The third kappa shape index (κ3) is 15.5. The molecule has 8 atom stereocenters. The van der Waals surface area contributed by atoms with Gasteiger partial charge in [-0.05, 0) is 113 Å². The van der Waals surface area contributed by atoms with Gasteiger partial charge < -0.3 is 43.7 Å². The van der Waals surface area contributed by atoms with Crippen molar-refractivity contribution in [3.8, 4) is 17.2 Å². The van der Waals surface area contributed by atoms with Gasteiger partial charge in [0, 0.05) is 19.3 Å². The summed E-state index contributed by atoms with van der Waals surface area (Å²) in [4.78, 5) is 36.5. The number of hydrogen-bond donors (Lipinski definition) is 3. The van der Waals surface area contributed by atoms with Crippen molar-refractivity contribution in [3.63, 3.8) is 0 Å². The Morgan fingerprint density at radius 3 is 1.14 bits per heavy atom. The van der Waals surface area contributed by atoms with Gasteiger partial charge in [0.2, 0.25) is 0 Å². The van der Waals surface area contributed by atoms with E-state index in [2.05, 4.69) is 14.2 Å². The van der Waals surface area contributed by atoms with Gasteiger partial charge in [-0.25, -0.2) is 14.4 Å². The molecular formula is C48H57F9O12. The second kappa shape index (κ2) is 25.4. The first kappa shape index (κ1) is 57.8. The van der Waals surface area contributed by atoms with E-state index in [1.807, 2.05) is 6.92 Å². The van der Waals surface area contributed by atoms with Crippen LogP contribution in [-0.4, -0.2) is 93.4 Å². The van der Waals surface area contributed by atoms with Crippen LogP contribution in [0, 0.1) is 0 Å². The number of hydrogen-bond acceptors (Lipinski definition) is 12. The molecular weight excluding hydrogens is 939 g/mol. The van der Waals surface area contributed by atoms with E-state index in [1.54, 1.807) is 20.8 Å². The molecule has 0 aromatic heterocycles. The highest BCUT2D eigenvalue weighted by atomic mass is 19.3. The van der Waals surface area contributed by atoms with Crippen LogP contribution in [-0.2, 0) is 14.2 Å². The molecule has 3 N–H and O–H groups in total. The van der Waals surface area contributed by atoms with Gasteiger partial charge in [-0.1, -0.05) is 40.0 Å². The van der Waals surface area contributed by atoms with Crippen LogP contribution in [0.5, 0.6) is 17.2 Å². The molecule has 3 aromatic rings. The van der Waals surface area contributed by atoms with Crippen molar-refractivity contribution < 1.29 is 97.6 Å². The Balaban J connectivity index is 0.000000418. The number of esters is 3. The summed E-state index contributed by atoms with van der Waals surface area (Å²) in [5.41, 5.74) is -0.126. The summed E-state index contributed by atoms with van der Waals surface area (Å²) in [6.45, 7) is 9.93. The van der Waals surface area contributed by atoms with E-state index >= 15 is 8.78 Å². The molecule has 2 aliphatic carbocycles. The van der Waals surface area contributed by atoms with Crippen molar-refractivity contribution in [2.75, 3.05) is 0 Å². The smallest absolute Gasteiger partial charge is 0.395 e. The van der Waals surface area contributed by atoms with Crippen molar-refractivity contribution >= 4 is 17.9 Å². The van der Waals surface area contributed by atoms with Crippen LogP contribution in [0.15, 0.2) is 84.9 Å². The molecule has 0 spiro atoms. The van der Waals surface area contributed by atoms with Gasteiger partial charge in [0.25, 0.3) is 0 Å². The predicted molar refractivity (Wildman–Crippen MR) is 230 cm³/mol. The quantitative estimate of drug-likeness (QED) is 0.0401. The number of aliphatic hydroxyl groups is 3. The zero-order chi connectivity index (χ0) is 51.9. The number of aliphatic hydroxyl groups excluding tert-OH is 3. The highest BCUT2D eigenvalue weighted by molar-refractivity contribution is 5.90. The summed E-state index contributed by atoms with van der Waals surface area (Å²) in [6.07, 6.45) is 0.0632. The zero-order valence-corrected chi connectivity index (χ0v) is 38.7. The maximum absolute atomic E-state index is 15.5. The largest absolute Gasteiger partial charge is 0.459 e. The third-order valence-electron chi connectivity index (χ3n) is 10.2. The molecule has 2 aliphatic rings. The lowest BCUT2D eigenvalue weighted by atomic mass is 9.76. The average molecular weight is 997 g/mol. The first-order chi connectivity index (χ1) is 32.2. The zero-order valence-electron chi connectivity index (χ0n) is 38.7. The Hall–Kier alpha value is -5.54. The Bertz CT molecular complexity index is 2130. The molecule has 21 heteroatoms. The molecule has 69 heavy (non-hydrogen) atoms. The fourth-order valence-electron chi connectivity index (χ4n) is 6.04. The average Bonchev–Trinajstić information content (AvgIpc) is 4.19. The Labute approximate surface area is 393 Å². The molecule has 2 saturated carbocycles. The van der Waals surface area contributed by atoms with Gasteiger partial charge in [-0.15, -0.1) is 0 Å². The van der Waals surface area contributed by atoms with Gasteiger partial charge in [-0.3, -0.25) is 0 Å². The molecule has 0 amide bonds. The first-order valence-corrected chi connectivity index (χ1v) is 22.1. The van der Waals surface area contributed by atoms with Gasteiger partial charge in [-0.2, -0.15) is 39.5 Å². The van der Waals surface area contributed by atoms with Crippen molar-refractivity contribution in [1.29, 1.82) is 0 Å². The number of benzene rings is 3. The number of ether oxygens (including phenoxy) is 6. The molecule has 0 heterocycles. The lowest BCUT2D eigenvalue weighted by Crippen LogP contribution is -2.89. The summed E-state index contributed by atoms with van der Waals surface area (Å²) < 4.78 is 154. The molecule has 0 saturated heterocycles. The highest BCUT2D eigenvalue weighted by Gasteiger charge is 3.03. The molecule has 2 fully saturated rings. The van der Waals surface area contributed by atoms with Gasteiger partial charge >= 0.3 is 53.6 Å². The van der Waals surface area contributed by atoms with E-state index in [9.17, 15) is 60.4 Å². The maximum atomic E-state index is 15.5. The second-order valence-electron chi connectivity index (χ2n) is 16.4. The van der Waals surface area contributed by atoms with Crippen LogP contribution in [0.4, 0.5) is 39.5 Å². The van der Waals surface area contributed by atoms with Gasteiger partial charge in [0.05, 0.1) is 35.0 Å². The minimum atomic E-state index is -5.69. The van der Waals surface area contributed by atoms with E-state index in [-0.39, 0.29) is 35.3 Å². The molecule has 0 radical (unpaired) electrons. The molecule has 12 nitrogen and oxygen atoms in total. The Morgan fingerprint density at radius 1 is 0.522 bits per heavy atom. The van der Waals surface area contributed by atoms with Crippen LogP contribution >= 0.6 is 0 Å². The maximum Gasteiger partial charge on any atom is 0.395 e. The molecule has 5 rings (SSSR count). The highest BCUT2D eigenvalue weighted by Crippen LogP contribution is 2.68. The molecule has 0 aliphatic heterocycles. The summed E-state index contributed by atoms with van der Waals surface area (Å²) in [6, 6.07) is 9.85. The summed E-state index contributed by atoms with van der Waals surface area (Å²) >= 11 is 0. The number of halogens is 9. The van der Waals surface area contributed by atoms with E-state index < -0.39 is 102 Å². The van der Waals surface area contributed by atoms with Crippen molar-refractivity contribution in [1.82, 2.24) is 0 Å². The monoisotopic (exact) mass is 996 g/mol. The van der Waals surface area contributed by atoms with Crippen molar-refractivity contribution in [3.05, 3.63) is 102 Å². The predicted octanol–water partition coefficient (Wildman–Crippen LogP) is 11.1. The SMILES string of the molecule is C1CC1.CCC(O)CC(C)OC(=O)c1ccc(OC(F)=C(F)F)cc1.CCC(O)CC(C)OC(=O)c1ccc(OC2(F)C(F)(F)C(F)(F)C2(F)Oc2ccc(C(=O)OC(CC)CC(C)O)cc2)cc1. The summed E-state index contributed by atoms with van der Waals surface area (Å²) in [5.74, 6) is -25.6. The minimum Gasteiger partial charge on any atom is -0.459 e. The molecule has 3 aromatic carbocycles. The Morgan fingerprint density at radius 2 is 0.855 bits per heavy atom. The number of rotatable bonds is 21. The van der Waals surface area contributed by atoms with E-state index in [4.69, 9.17) is 14.2 Å². The minimum absolute atomic E-state index is 0.141. The van der Waals surface area contributed by atoms with Crippen LogP contribution in [0.1, 0.15) is 130 Å². The van der Waals surface area contributed by atoms with Gasteiger partial charge in [0.1, 0.15) is 35.6 Å². The Kier molecular flexibility index (Phi) is 21.2. The number of alkyl halides is 6. The topological polar surface area (TPSA) is 167 Å². The van der Waals surface area contributed by atoms with Gasteiger partial charge in [0.15, 0.2) is 0 Å². The van der Waals surface area contributed by atoms with Crippen LogP contribution in [0.2, 0.25) is 0 Å². The third-order valence-corrected chi connectivity index (χ3v) is 10.2. The lowest BCUT2D eigenvalue weighted by Gasteiger charge is -2.55. The lowest BCUT2D eigenvalue weighted by molar-refractivity contribution is -0.527. The van der Waals surface area contributed by atoms with Crippen LogP contribution in [0.25, 0.3) is 0 Å². The first-order valence-electron chi connectivity index (χ1n) is 22.1. The number of carbonyl (C=O) groups is 3. The van der Waals surface area contributed by atoms with Crippen LogP contribution in [0.3, 0.4) is 0 Å². The fraction of sp³-hybridized carbons (Fsp3) is 0.521. The van der Waals surface area contributed by atoms with E-state index in [1.165, 1.54) is 57.4 Å². The summed E-state index contributed by atoms with van der Waals surface area (Å²) in [5, 5.41) is 28.6. The standard InChI is InChI=1S/C30H34F6O8.C15H17F3O4.C3H6/c1-5-21(38)16-18(4)41-25(39)19-7-11-23(12-8-19)43-29(35)27(31,32)28(33,34)30(29,36)44-24-13-9-20(10-14-24)26(40)42-22(6-2)15-17(3)37;1-3-11(19)8-9(2)21-15(20)10-4-6-12(7-5-10)22-14(18)13(16)17;1-2-3-1/h7-14,17-18,21-22,37-38H,5-6,15-16H2,1-4H3;4-7,9,11,19H,3,8H2,1-2H3;1-3H2. The fourth-order valence-corrected chi connectivity index (χ4v) is 6.04. The summed E-state index contributed by atoms with van der Waals surface area (Å²) in [7, 11) is 0.